The van der Waals surface area contributed by atoms with E-state index in [-0.39, 0.29) is 43.9 Å². The highest BCUT2D eigenvalue weighted by Gasteiger charge is 2.35. The number of carbonyl (C=O) groups is 8. The van der Waals surface area contributed by atoms with E-state index in [1.807, 2.05) is 0 Å². The number of benzene rings is 1. The molecule has 0 aliphatic carbocycles. The van der Waals surface area contributed by atoms with Crippen LogP contribution in [0, 0.1) is 11.8 Å². The van der Waals surface area contributed by atoms with Crippen LogP contribution in [0.4, 0.5) is 0 Å². The molecule has 0 aliphatic heterocycles. The number of phenolic OH excluding ortho intramolecular Hbond substituents is 1. The SMILES string of the molecule is CC[C@H](C)[C@H](NC(=O)[C@H](CC(N)=O)NC(=O)[C@H](CCCN=C(N)N)NC(=O)[C@H](CCSC)NC(=O)[C@H](Cc1ccc(O)cc1)NC(=O)[C@@H](NC(=O)[C@H](C)N)C(C)C)C(=O)O. The number of primary amides is 1. The number of nitrogens with one attached hydrogen (secondary N) is 6. The van der Waals surface area contributed by atoms with E-state index in [0.29, 0.717) is 17.7 Å². The van der Waals surface area contributed by atoms with Gasteiger partial charge in [0.05, 0.1) is 12.5 Å². The van der Waals surface area contributed by atoms with E-state index in [0.717, 1.165) is 0 Å². The molecule has 0 saturated heterocycles. The number of aromatic hydroxyl groups is 1. The summed E-state index contributed by atoms with van der Waals surface area (Å²) in [4.78, 5) is 109. The van der Waals surface area contributed by atoms with E-state index in [1.165, 1.54) is 30.8 Å². The minimum absolute atomic E-state index is 0.0370. The van der Waals surface area contributed by atoms with Gasteiger partial charge in [0.25, 0.3) is 0 Å². The topological polar surface area (TPSA) is 366 Å². The third-order valence-corrected chi connectivity index (χ3v) is 9.95. The lowest BCUT2D eigenvalue weighted by Gasteiger charge is -2.28. The largest absolute Gasteiger partial charge is 0.508 e. The van der Waals surface area contributed by atoms with Crippen LogP contribution < -0.4 is 54.8 Å². The highest BCUT2D eigenvalue weighted by molar-refractivity contribution is 7.98. The van der Waals surface area contributed by atoms with E-state index < -0.39 is 108 Å². The van der Waals surface area contributed by atoms with Crippen LogP contribution >= 0.6 is 11.8 Å². The average molecular weight is 866 g/mol. The summed E-state index contributed by atoms with van der Waals surface area (Å²) in [6, 6.07) is -3.10. The van der Waals surface area contributed by atoms with Crippen LogP contribution in [-0.2, 0) is 44.8 Å². The van der Waals surface area contributed by atoms with Gasteiger partial charge in [-0.05, 0) is 67.7 Å². The molecule has 60 heavy (non-hydrogen) atoms. The molecular weight excluding hydrogens is 803 g/mol. The molecule has 1 aromatic carbocycles. The number of guanidine groups is 1. The van der Waals surface area contributed by atoms with Gasteiger partial charge < -0.3 is 65.0 Å². The summed E-state index contributed by atoms with van der Waals surface area (Å²) in [5.41, 5.74) is 22.5. The molecule has 1 aromatic rings. The smallest absolute Gasteiger partial charge is 0.326 e. The molecule has 336 valence electrons. The summed E-state index contributed by atoms with van der Waals surface area (Å²) in [5, 5.41) is 34.8. The van der Waals surface area contributed by atoms with Gasteiger partial charge in [0.1, 0.15) is 42.0 Å². The predicted molar refractivity (Wildman–Crippen MR) is 226 cm³/mol. The molecule has 7 amide bonds. The summed E-state index contributed by atoms with van der Waals surface area (Å²) in [7, 11) is 0. The number of hydrogen-bond donors (Lipinski definition) is 12. The van der Waals surface area contributed by atoms with Crippen molar-refractivity contribution in [1.29, 1.82) is 0 Å². The quantitative estimate of drug-likeness (QED) is 0.0251. The number of aliphatic carboxylic acids is 1. The van der Waals surface area contributed by atoms with Gasteiger partial charge in [-0.1, -0.05) is 46.2 Å². The van der Waals surface area contributed by atoms with Crippen LogP contribution in [0.1, 0.15) is 72.3 Å². The molecule has 0 aromatic heterocycles. The van der Waals surface area contributed by atoms with Gasteiger partial charge in [0, 0.05) is 13.0 Å². The van der Waals surface area contributed by atoms with Crippen LogP contribution in [0.2, 0.25) is 0 Å². The Balaban J connectivity index is 3.52. The van der Waals surface area contributed by atoms with Crippen molar-refractivity contribution in [1.82, 2.24) is 31.9 Å². The molecule has 0 heterocycles. The average Bonchev–Trinajstić information content (AvgIpc) is 3.17. The maximum Gasteiger partial charge on any atom is 0.326 e. The molecule has 0 saturated carbocycles. The molecule has 0 fully saturated rings. The second-order valence-corrected chi connectivity index (χ2v) is 15.7. The molecule has 16 N–H and O–H groups in total. The Labute approximate surface area is 354 Å². The molecule has 0 radical (unpaired) electrons. The molecule has 22 heteroatoms. The first kappa shape index (κ1) is 52.4. The lowest BCUT2D eigenvalue weighted by Crippen LogP contribution is -2.60. The Morgan fingerprint density at radius 1 is 0.700 bits per heavy atom. The second kappa shape index (κ2) is 26.5. The van der Waals surface area contributed by atoms with Crippen molar-refractivity contribution in [3.63, 3.8) is 0 Å². The number of amides is 7. The molecule has 8 atom stereocenters. The summed E-state index contributed by atoms with van der Waals surface area (Å²) in [6.07, 6.45) is 1.45. The molecule has 0 unspecified atom stereocenters. The van der Waals surface area contributed by atoms with Crippen LogP contribution in [0.3, 0.4) is 0 Å². The van der Waals surface area contributed by atoms with Crippen LogP contribution in [0.15, 0.2) is 29.3 Å². The number of aliphatic imine (C=N–C) groups is 1. The van der Waals surface area contributed by atoms with E-state index >= 15 is 0 Å². The van der Waals surface area contributed by atoms with Gasteiger partial charge in [0.2, 0.25) is 41.4 Å². The normalized spacial score (nSPS) is 15.0. The minimum atomic E-state index is -1.62. The number of carboxylic acid groups (broad SMARTS) is 1. The fourth-order valence-electron chi connectivity index (χ4n) is 5.60. The monoisotopic (exact) mass is 865 g/mol. The van der Waals surface area contributed by atoms with Gasteiger partial charge in [0.15, 0.2) is 5.96 Å². The number of phenols is 1. The second-order valence-electron chi connectivity index (χ2n) is 14.7. The van der Waals surface area contributed by atoms with Crippen LogP contribution in [-0.4, -0.2) is 124 Å². The third kappa shape index (κ3) is 19.0. The maximum absolute atomic E-state index is 14.1. The fourth-order valence-corrected chi connectivity index (χ4v) is 6.07. The first-order chi connectivity index (χ1) is 28.1. The summed E-state index contributed by atoms with van der Waals surface area (Å²) >= 11 is 1.36. The highest BCUT2D eigenvalue weighted by Crippen LogP contribution is 2.14. The highest BCUT2D eigenvalue weighted by atomic mass is 32.2. The minimum Gasteiger partial charge on any atom is -0.508 e. The van der Waals surface area contributed by atoms with Crippen molar-refractivity contribution >= 4 is 65.0 Å². The Hall–Kier alpha value is -5.64. The van der Waals surface area contributed by atoms with Crippen molar-refractivity contribution in [2.45, 2.75) is 115 Å². The zero-order valence-corrected chi connectivity index (χ0v) is 35.8. The molecule has 21 nitrogen and oxygen atoms in total. The zero-order valence-electron chi connectivity index (χ0n) is 35.0. The number of carbonyl (C=O) groups excluding carboxylic acids is 7. The Kier molecular flexibility index (Phi) is 23.1. The van der Waals surface area contributed by atoms with Gasteiger partial charge in [-0.2, -0.15) is 11.8 Å². The van der Waals surface area contributed by atoms with Crippen LogP contribution in [0.5, 0.6) is 5.75 Å². The molecule has 0 aliphatic rings. The first-order valence-electron chi connectivity index (χ1n) is 19.5. The number of thioether (sulfide) groups is 1. The van der Waals surface area contributed by atoms with E-state index in [4.69, 9.17) is 22.9 Å². The zero-order chi connectivity index (χ0) is 45.7. The fraction of sp³-hybridized carbons (Fsp3) is 0.605. The Morgan fingerprint density at radius 2 is 1.20 bits per heavy atom. The van der Waals surface area contributed by atoms with Crippen molar-refractivity contribution < 1.29 is 48.6 Å². The van der Waals surface area contributed by atoms with Gasteiger partial charge in [-0.15, -0.1) is 0 Å². The van der Waals surface area contributed by atoms with Gasteiger partial charge in [-0.3, -0.25) is 38.6 Å². The lowest BCUT2D eigenvalue weighted by molar-refractivity contribution is -0.144. The van der Waals surface area contributed by atoms with Gasteiger partial charge in [-0.25, -0.2) is 4.79 Å². The van der Waals surface area contributed by atoms with Crippen molar-refractivity contribution in [3.05, 3.63) is 29.8 Å². The predicted octanol–water partition coefficient (Wildman–Crippen LogP) is -2.34. The van der Waals surface area contributed by atoms with E-state index in [2.05, 4.69) is 36.9 Å². The van der Waals surface area contributed by atoms with Crippen molar-refractivity contribution in [2.75, 3.05) is 18.6 Å². The van der Waals surface area contributed by atoms with Crippen molar-refractivity contribution in [3.8, 4) is 5.75 Å². The third-order valence-electron chi connectivity index (χ3n) is 9.31. The lowest BCUT2D eigenvalue weighted by atomic mass is 9.98. The molecular formula is C38H63N11O10S. The van der Waals surface area contributed by atoms with E-state index in [9.17, 15) is 48.6 Å². The number of carboxylic acids is 1. The molecule has 1 rings (SSSR count). The van der Waals surface area contributed by atoms with E-state index in [1.54, 1.807) is 46.1 Å². The summed E-state index contributed by atoms with van der Waals surface area (Å²) in [6.45, 7) is 8.19. The van der Waals surface area contributed by atoms with Gasteiger partial charge >= 0.3 is 5.97 Å². The summed E-state index contributed by atoms with van der Waals surface area (Å²) in [5.74, 6) is -8.00. The standard InChI is InChI=1S/C38H63N11O10S/c1-7-20(4)30(37(58)59)49-35(56)27(18-28(40)51)46-32(53)24(9-8-15-43-38(41)42)44-33(54)25(14-16-60-6)45-34(55)26(17-22-10-12-23(50)13-11-22)47-36(57)29(19(2)3)48-31(52)21(5)39/h10-13,19-21,24-27,29-30,50H,7-9,14-18,39H2,1-6H3,(H2,40,51)(H,44,54)(H,45,55)(H,46,53)(H,47,57)(H,48,52)(H,49,56)(H,58,59)(H4,41,42,43)/t20-,21-,24-,25-,26-,27-,29-,30-/m0/s1. The first-order valence-corrected chi connectivity index (χ1v) is 20.9. The Morgan fingerprint density at radius 3 is 1.68 bits per heavy atom. The maximum atomic E-state index is 14.1. The van der Waals surface area contributed by atoms with Crippen molar-refractivity contribution in [2.24, 2.45) is 39.8 Å². The number of hydrogen-bond acceptors (Lipinski definition) is 12. The molecule has 0 bridgehead atoms. The number of rotatable bonds is 27. The molecule has 0 spiro atoms. The Bertz CT molecular complexity index is 1660. The number of nitrogens with zero attached hydrogens (tertiary/aromatic N) is 1. The van der Waals surface area contributed by atoms with Crippen LogP contribution in [0.25, 0.3) is 0 Å². The number of nitrogens with two attached hydrogens (primary N) is 4. The summed E-state index contributed by atoms with van der Waals surface area (Å²) < 4.78 is 0.